The van der Waals surface area contributed by atoms with E-state index >= 15 is 0 Å². The number of methoxy groups -OCH3 is 2. The van der Waals surface area contributed by atoms with E-state index in [1.807, 2.05) is 30.3 Å². The van der Waals surface area contributed by atoms with Crippen LogP contribution in [0.1, 0.15) is 42.1 Å². The SMILES string of the molecule is COc1ccc(CCNc2nnc(Cc3ccc(C(C)C)cc3)c(=O)[nH]2)cc1OC. The molecule has 0 fully saturated rings. The van der Waals surface area contributed by atoms with Crippen molar-refractivity contribution in [3.05, 3.63) is 75.2 Å². The minimum Gasteiger partial charge on any atom is -0.493 e. The van der Waals surface area contributed by atoms with Gasteiger partial charge in [0.05, 0.1) is 14.2 Å². The fraction of sp³-hybridized carbons (Fsp3) is 0.348. The van der Waals surface area contributed by atoms with Crippen LogP contribution in [0, 0.1) is 0 Å². The quantitative estimate of drug-likeness (QED) is 0.563. The van der Waals surface area contributed by atoms with Gasteiger partial charge in [0.1, 0.15) is 5.69 Å². The summed E-state index contributed by atoms with van der Waals surface area (Å²) in [6, 6.07) is 14.0. The number of hydrogen-bond donors (Lipinski definition) is 2. The smallest absolute Gasteiger partial charge is 0.274 e. The van der Waals surface area contributed by atoms with Crippen molar-refractivity contribution in [1.29, 1.82) is 0 Å². The van der Waals surface area contributed by atoms with Gasteiger partial charge in [0.15, 0.2) is 11.5 Å². The topological polar surface area (TPSA) is 89.1 Å². The normalized spacial score (nSPS) is 10.8. The fourth-order valence-electron chi connectivity index (χ4n) is 3.13. The number of benzene rings is 2. The maximum atomic E-state index is 12.4. The molecule has 0 spiro atoms. The van der Waals surface area contributed by atoms with Crippen molar-refractivity contribution in [1.82, 2.24) is 15.2 Å². The fourth-order valence-corrected chi connectivity index (χ4v) is 3.13. The lowest BCUT2D eigenvalue weighted by Crippen LogP contribution is -2.20. The molecular formula is C23H28N4O3. The molecule has 0 atom stereocenters. The minimum absolute atomic E-state index is 0.230. The first-order chi connectivity index (χ1) is 14.5. The van der Waals surface area contributed by atoms with Crippen molar-refractivity contribution in [2.45, 2.75) is 32.6 Å². The van der Waals surface area contributed by atoms with Gasteiger partial charge in [-0.1, -0.05) is 44.2 Å². The molecule has 0 aliphatic heterocycles. The summed E-state index contributed by atoms with van der Waals surface area (Å²) in [6.45, 7) is 4.90. The summed E-state index contributed by atoms with van der Waals surface area (Å²) in [6.07, 6.45) is 1.18. The average Bonchev–Trinajstić information content (AvgIpc) is 2.75. The van der Waals surface area contributed by atoms with Crippen molar-refractivity contribution in [3.8, 4) is 11.5 Å². The Hall–Kier alpha value is -3.35. The number of aromatic nitrogens is 3. The van der Waals surface area contributed by atoms with Gasteiger partial charge in [0, 0.05) is 13.0 Å². The molecule has 0 unspecified atom stereocenters. The molecule has 30 heavy (non-hydrogen) atoms. The van der Waals surface area contributed by atoms with Crippen LogP contribution in [0.5, 0.6) is 11.5 Å². The monoisotopic (exact) mass is 408 g/mol. The Balaban J connectivity index is 1.58. The van der Waals surface area contributed by atoms with Crippen LogP contribution in [0.4, 0.5) is 5.95 Å². The molecule has 0 saturated carbocycles. The second-order valence-electron chi connectivity index (χ2n) is 7.39. The number of anilines is 1. The first-order valence-electron chi connectivity index (χ1n) is 9.99. The first kappa shape index (κ1) is 21.4. The Kier molecular flexibility index (Phi) is 7.06. The lowest BCUT2D eigenvalue weighted by Gasteiger charge is -2.10. The standard InChI is InChI=1S/C23H28N4O3/c1-15(2)18-8-5-16(6-9-18)13-19-22(28)25-23(27-26-19)24-12-11-17-7-10-20(29-3)21(14-17)30-4/h5-10,14-15H,11-13H2,1-4H3,(H2,24,25,27,28). The number of hydrogen-bond acceptors (Lipinski definition) is 6. The highest BCUT2D eigenvalue weighted by Gasteiger charge is 2.08. The van der Waals surface area contributed by atoms with E-state index in [0.717, 1.165) is 17.5 Å². The Bertz CT molecular complexity index is 1030. The molecule has 1 heterocycles. The molecule has 0 aliphatic rings. The van der Waals surface area contributed by atoms with Gasteiger partial charge in [-0.15, -0.1) is 10.2 Å². The molecule has 0 bridgehead atoms. The van der Waals surface area contributed by atoms with E-state index in [1.54, 1.807) is 14.2 Å². The van der Waals surface area contributed by atoms with Crippen LogP contribution in [-0.2, 0) is 12.8 Å². The van der Waals surface area contributed by atoms with Crippen molar-refractivity contribution in [2.75, 3.05) is 26.1 Å². The molecule has 3 aromatic rings. The van der Waals surface area contributed by atoms with Crippen LogP contribution < -0.4 is 20.3 Å². The zero-order valence-electron chi connectivity index (χ0n) is 17.9. The Morgan fingerprint density at radius 3 is 2.30 bits per heavy atom. The van der Waals surface area contributed by atoms with Crippen LogP contribution >= 0.6 is 0 Å². The highest BCUT2D eigenvalue weighted by Crippen LogP contribution is 2.27. The van der Waals surface area contributed by atoms with Crippen LogP contribution in [0.2, 0.25) is 0 Å². The van der Waals surface area contributed by atoms with Gasteiger partial charge in [-0.3, -0.25) is 9.78 Å². The Morgan fingerprint density at radius 1 is 0.967 bits per heavy atom. The third-order valence-corrected chi connectivity index (χ3v) is 4.94. The summed E-state index contributed by atoms with van der Waals surface area (Å²) in [7, 11) is 3.22. The van der Waals surface area contributed by atoms with Crippen LogP contribution in [0.15, 0.2) is 47.3 Å². The lowest BCUT2D eigenvalue weighted by atomic mass is 10.0. The number of nitrogens with zero attached hydrogens (tertiary/aromatic N) is 2. The predicted molar refractivity (Wildman–Crippen MR) is 118 cm³/mol. The van der Waals surface area contributed by atoms with Crippen LogP contribution in [-0.4, -0.2) is 35.9 Å². The maximum absolute atomic E-state index is 12.4. The van der Waals surface area contributed by atoms with E-state index in [-0.39, 0.29) is 5.56 Å². The Morgan fingerprint density at radius 2 is 1.67 bits per heavy atom. The van der Waals surface area contributed by atoms with E-state index < -0.39 is 0 Å². The number of nitrogens with one attached hydrogen (secondary N) is 2. The second-order valence-corrected chi connectivity index (χ2v) is 7.39. The van der Waals surface area contributed by atoms with Crippen molar-refractivity contribution < 1.29 is 9.47 Å². The highest BCUT2D eigenvalue weighted by atomic mass is 16.5. The zero-order chi connectivity index (χ0) is 21.5. The molecule has 7 heteroatoms. The van der Waals surface area contributed by atoms with E-state index in [9.17, 15) is 4.79 Å². The third-order valence-electron chi connectivity index (χ3n) is 4.94. The van der Waals surface area contributed by atoms with Gasteiger partial charge in [-0.25, -0.2) is 0 Å². The van der Waals surface area contributed by atoms with E-state index in [0.29, 0.717) is 42.0 Å². The number of rotatable bonds is 9. The summed E-state index contributed by atoms with van der Waals surface area (Å²) in [5.74, 6) is 2.22. The second kappa shape index (κ2) is 9.91. The molecule has 1 aromatic heterocycles. The molecule has 0 aliphatic carbocycles. The van der Waals surface area contributed by atoms with Crippen molar-refractivity contribution >= 4 is 5.95 Å². The Labute approximate surface area is 176 Å². The van der Waals surface area contributed by atoms with Crippen molar-refractivity contribution in [2.24, 2.45) is 0 Å². The third kappa shape index (κ3) is 5.37. The van der Waals surface area contributed by atoms with Crippen molar-refractivity contribution in [3.63, 3.8) is 0 Å². The number of H-pyrrole nitrogens is 1. The largest absolute Gasteiger partial charge is 0.493 e. The number of ether oxygens (including phenoxy) is 2. The van der Waals surface area contributed by atoms with E-state index in [1.165, 1.54) is 5.56 Å². The summed E-state index contributed by atoms with van der Waals surface area (Å²) < 4.78 is 10.6. The minimum atomic E-state index is -0.230. The van der Waals surface area contributed by atoms with E-state index in [2.05, 4.69) is 46.5 Å². The molecule has 3 rings (SSSR count). The lowest BCUT2D eigenvalue weighted by molar-refractivity contribution is 0.354. The van der Waals surface area contributed by atoms with Gasteiger partial charge in [0.25, 0.3) is 5.56 Å². The molecule has 2 N–H and O–H groups in total. The van der Waals surface area contributed by atoms with Gasteiger partial charge < -0.3 is 14.8 Å². The van der Waals surface area contributed by atoms with Gasteiger partial charge in [-0.2, -0.15) is 0 Å². The zero-order valence-corrected chi connectivity index (χ0v) is 17.9. The van der Waals surface area contributed by atoms with E-state index in [4.69, 9.17) is 9.47 Å². The molecule has 7 nitrogen and oxygen atoms in total. The molecule has 0 amide bonds. The summed E-state index contributed by atoms with van der Waals surface area (Å²) in [5, 5.41) is 11.3. The highest BCUT2D eigenvalue weighted by molar-refractivity contribution is 5.43. The maximum Gasteiger partial charge on any atom is 0.274 e. The first-order valence-corrected chi connectivity index (χ1v) is 9.99. The average molecular weight is 409 g/mol. The molecule has 0 radical (unpaired) electrons. The molecular weight excluding hydrogens is 380 g/mol. The molecule has 2 aromatic carbocycles. The molecule has 0 saturated heterocycles. The molecule has 158 valence electrons. The van der Waals surface area contributed by atoms with Crippen LogP contribution in [0.3, 0.4) is 0 Å². The van der Waals surface area contributed by atoms with Gasteiger partial charge in [0.2, 0.25) is 5.95 Å². The van der Waals surface area contributed by atoms with Crippen LogP contribution in [0.25, 0.3) is 0 Å². The summed E-state index contributed by atoms with van der Waals surface area (Å²) >= 11 is 0. The summed E-state index contributed by atoms with van der Waals surface area (Å²) in [4.78, 5) is 15.1. The predicted octanol–water partition coefficient (Wildman–Crippen LogP) is 3.55. The van der Waals surface area contributed by atoms with Gasteiger partial charge >= 0.3 is 0 Å². The summed E-state index contributed by atoms with van der Waals surface area (Å²) in [5.41, 5.74) is 3.56. The van der Waals surface area contributed by atoms with Gasteiger partial charge in [-0.05, 0) is 41.2 Å². The number of aromatic amines is 1.